The van der Waals surface area contributed by atoms with Crippen LogP contribution < -0.4 is 5.56 Å². The van der Waals surface area contributed by atoms with Crippen molar-refractivity contribution in [3.63, 3.8) is 0 Å². The molecule has 1 heterocycles. The summed E-state index contributed by atoms with van der Waals surface area (Å²) in [4.78, 5) is 27.3. The molecule has 0 aliphatic rings. The Morgan fingerprint density at radius 1 is 1.17 bits per heavy atom. The van der Waals surface area contributed by atoms with Crippen LogP contribution in [0.5, 0.6) is 0 Å². The van der Waals surface area contributed by atoms with Crippen molar-refractivity contribution in [3.8, 4) is 0 Å². The minimum atomic E-state index is -0.490. The Hall–Kier alpha value is -3.35. The van der Waals surface area contributed by atoms with Crippen LogP contribution in [0.15, 0.2) is 58.4 Å². The molecular weight excluding hydrogens is 296 g/mol. The Morgan fingerprint density at radius 3 is 2.65 bits per heavy atom. The molecule has 0 aliphatic carbocycles. The average molecular weight is 308 g/mol. The van der Waals surface area contributed by atoms with Crippen LogP contribution in [0, 0.1) is 17.0 Å². The second kappa shape index (κ2) is 5.80. The van der Waals surface area contributed by atoms with E-state index in [0.717, 1.165) is 4.68 Å². The van der Waals surface area contributed by atoms with Crippen molar-refractivity contribution in [2.24, 2.45) is 5.10 Å². The molecular formula is C16H12N4O3. The van der Waals surface area contributed by atoms with Gasteiger partial charge in [0.1, 0.15) is 5.82 Å². The van der Waals surface area contributed by atoms with Crippen LogP contribution in [0.4, 0.5) is 5.69 Å². The van der Waals surface area contributed by atoms with Gasteiger partial charge in [0.15, 0.2) is 0 Å². The molecule has 3 rings (SSSR count). The zero-order chi connectivity index (χ0) is 16.4. The number of benzene rings is 2. The molecule has 1 aromatic heterocycles. The third kappa shape index (κ3) is 2.71. The molecule has 0 spiro atoms. The quantitative estimate of drug-likeness (QED) is 0.422. The Labute approximate surface area is 130 Å². The predicted octanol–water partition coefficient (Wildman–Crippen LogP) is 2.50. The second-order valence-corrected chi connectivity index (χ2v) is 4.85. The van der Waals surface area contributed by atoms with Crippen LogP contribution in [-0.2, 0) is 0 Å². The summed E-state index contributed by atoms with van der Waals surface area (Å²) in [6, 6.07) is 13.2. The van der Waals surface area contributed by atoms with Crippen LogP contribution in [-0.4, -0.2) is 20.8 Å². The molecule has 0 N–H and O–H groups in total. The van der Waals surface area contributed by atoms with Crippen molar-refractivity contribution in [2.45, 2.75) is 6.92 Å². The van der Waals surface area contributed by atoms with Gasteiger partial charge in [0.2, 0.25) is 0 Å². The maximum atomic E-state index is 12.5. The number of rotatable bonds is 3. The standard InChI is InChI=1S/C16H12N4O3/c1-11-18-14-8-4-3-7-13(14)16(21)19(11)17-10-12-6-2-5-9-15(12)20(22)23/h2-10H,1H3/b17-10+. The van der Waals surface area contributed by atoms with E-state index in [9.17, 15) is 14.9 Å². The maximum absolute atomic E-state index is 12.5. The highest BCUT2D eigenvalue weighted by atomic mass is 16.6. The predicted molar refractivity (Wildman–Crippen MR) is 86.8 cm³/mol. The van der Waals surface area contributed by atoms with Crippen LogP contribution >= 0.6 is 0 Å². The minimum absolute atomic E-state index is 0.0734. The fourth-order valence-corrected chi connectivity index (χ4v) is 2.25. The lowest BCUT2D eigenvalue weighted by Crippen LogP contribution is -2.20. The highest BCUT2D eigenvalue weighted by Crippen LogP contribution is 2.15. The molecule has 0 radical (unpaired) electrons. The third-order valence-corrected chi connectivity index (χ3v) is 3.36. The van der Waals surface area contributed by atoms with Crippen LogP contribution in [0.1, 0.15) is 11.4 Å². The lowest BCUT2D eigenvalue weighted by molar-refractivity contribution is -0.385. The number of hydrogen-bond donors (Lipinski definition) is 0. The minimum Gasteiger partial charge on any atom is -0.267 e. The average Bonchev–Trinajstić information content (AvgIpc) is 2.55. The summed E-state index contributed by atoms with van der Waals surface area (Å²) in [6.07, 6.45) is 1.29. The van der Waals surface area contributed by atoms with Gasteiger partial charge < -0.3 is 0 Å². The molecule has 0 saturated carbocycles. The van der Waals surface area contributed by atoms with Crippen molar-refractivity contribution in [1.82, 2.24) is 9.66 Å². The fraction of sp³-hybridized carbons (Fsp3) is 0.0625. The number of aromatic nitrogens is 2. The van der Waals surface area contributed by atoms with E-state index < -0.39 is 4.92 Å². The monoisotopic (exact) mass is 308 g/mol. The van der Waals surface area contributed by atoms with Crippen molar-refractivity contribution >= 4 is 22.8 Å². The van der Waals surface area contributed by atoms with Crippen molar-refractivity contribution < 1.29 is 4.92 Å². The van der Waals surface area contributed by atoms with Crippen molar-refractivity contribution in [3.05, 3.63) is 80.4 Å². The van der Waals surface area contributed by atoms with E-state index in [1.807, 2.05) is 0 Å². The van der Waals surface area contributed by atoms with Gasteiger partial charge in [-0.1, -0.05) is 24.3 Å². The summed E-state index contributed by atoms with van der Waals surface area (Å²) >= 11 is 0. The fourth-order valence-electron chi connectivity index (χ4n) is 2.25. The molecule has 0 aliphatic heterocycles. The van der Waals surface area contributed by atoms with Gasteiger partial charge in [-0.2, -0.15) is 9.78 Å². The highest BCUT2D eigenvalue weighted by molar-refractivity contribution is 5.85. The highest BCUT2D eigenvalue weighted by Gasteiger charge is 2.11. The first kappa shape index (κ1) is 14.6. The largest absolute Gasteiger partial charge is 0.282 e. The third-order valence-electron chi connectivity index (χ3n) is 3.36. The van der Waals surface area contributed by atoms with E-state index in [1.165, 1.54) is 12.3 Å². The molecule has 0 bridgehead atoms. The summed E-state index contributed by atoms with van der Waals surface area (Å²) in [5.74, 6) is 0.406. The second-order valence-electron chi connectivity index (χ2n) is 4.85. The Bertz CT molecular complexity index is 992. The van der Waals surface area contributed by atoms with Gasteiger partial charge in [-0.05, 0) is 25.1 Å². The van der Waals surface area contributed by atoms with Gasteiger partial charge in [0, 0.05) is 6.07 Å². The van der Waals surface area contributed by atoms with Gasteiger partial charge in [0.05, 0.1) is 27.6 Å². The molecule has 23 heavy (non-hydrogen) atoms. The lowest BCUT2D eigenvalue weighted by Gasteiger charge is -2.05. The zero-order valence-electron chi connectivity index (χ0n) is 12.2. The first-order valence-electron chi connectivity index (χ1n) is 6.84. The molecule has 0 saturated heterocycles. The Balaban J connectivity index is 2.12. The van der Waals surface area contributed by atoms with E-state index in [0.29, 0.717) is 22.3 Å². The van der Waals surface area contributed by atoms with Crippen molar-refractivity contribution in [2.75, 3.05) is 0 Å². The molecule has 0 atom stereocenters. The van der Waals surface area contributed by atoms with E-state index >= 15 is 0 Å². The van der Waals surface area contributed by atoms with Gasteiger partial charge >= 0.3 is 0 Å². The zero-order valence-corrected chi connectivity index (χ0v) is 12.2. The summed E-state index contributed by atoms with van der Waals surface area (Å²) in [6.45, 7) is 1.66. The SMILES string of the molecule is Cc1nc2ccccc2c(=O)n1/N=C/c1ccccc1[N+](=O)[O-]. The van der Waals surface area contributed by atoms with Crippen LogP contribution in [0.3, 0.4) is 0 Å². The molecule has 3 aromatic rings. The van der Waals surface area contributed by atoms with Gasteiger partial charge in [-0.25, -0.2) is 4.98 Å². The normalized spacial score (nSPS) is 11.2. The van der Waals surface area contributed by atoms with Gasteiger partial charge in [-0.3, -0.25) is 14.9 Å². The van der Waals surface area contributed by atoms with Crippen LogP contribution in [0.2, 0.25) is 0 Å². The number of nitrogens with zero attached hydrogens (tertiary/aromatic N) is 4. The lowest BCUT2D eigenvalue weighted by atomic mass is 10.2. The van der Waals surface area contributed by atoms with E-state index in [1.54, 1.807) is 49.4 Å². The van der Waals surface area contributed by atoms with Gasteiger partial charge in [0.25, 0.3) is 11.2 Å². The van der Waals surface area contributed by atoms with E-state index in [-0.39, 0.29) is 11.2 Å². The molecule has 2 aromatic carbocycles. The van der Waals surface area contributed by atoms with Gasteiger partial charge in [-0.15, -0.1) is 0 Å². The van der Waals surface area contributed by atoms with Crippen molar-refractivity contribution in [1.29, 1.82) is 0 Å². The summed E-state index contributed by atoms with van der Waals surface area (Å²) < 4.78 is 1.14. The van der Waals surface area contributed by atoms with E-state index in [2.05, 4.69) is 10.1 Å². The number of nitro groups is 1. The summed E-state index contributed by atoms with van der Waals surface area (Å²) in [7, 11) is 0. The number of fused-ring (bicyclic) bond motifs is 1. The molecule has 7 heteroatoms. The number of aryl methyl sites for hydroxylation is 1. The van der Waals surface area contributed by atoms with E-state index in [4.69, 9.17) is 0 Å². The first-order chi connectivity index (χ1) is 11.1. The maximum Gasteiger partial charge on any atom is 0.282 e. The summed E-state index contributed by atoms with van der Waals surface area (Å²) in [5.41, 5.74) is 0.516. The smallest absolute Gasteiger partial charge is 0.267 e. The number of para-hydroxylation sites is 2. The first-order valence-corrected chi connectivity index (χ1v) is 6.84. The molecule has 0 amide bonds. The molecule has 0 unspecified atom stereocenters. The topological polar surface area (TPSA) is 90.4 Å². The molecule has 114 valence electrons. The Morgan fingerprint density at radius 2 is 1.87 bits per heavy atom. The number of hydrogen-bond acceptors (Lipinski definition) is 5. The molecule has 0 fully saturated rings. The molecule has 7 nitrogen and oxygen atoms in total. The summed E-state index contributed by atoms with van der Waals surface area (Å²) in [5, 5.41) is 15.5. The Kier molecular flexibility index (Phi) is 3.68. The number of nitro benzene ring substituents is 1. The van der Waals surface area contributed by atoms with Crippen LogP contribution in [0.25, 0.3) is 10.9 Å².